The number of fused-ring (bicyclic) bond motifs is 2. The van der Waals surface area contributed by atoms with Gasteiger partial charge in [-0.1, -0.05) is 24.3 Å². The Morgan fingerprint density at radius 3 is 2.53 bits per heavy atom. The van der Waals surface area contributed by atoms with Crippen LogP contribution < -0.4 is 10.2 Å². The second-order valence-electron chi connectivity index (χ2n) is 10.8. The van der Waals surface area contributed by atoms with E-state index in [1.165, 1.54) is 18.3 Å². The van der Waals surface area contributed by atoms with E-state index in [1.807, 2.05) is 36.4 Å². The number of nitriles is 1. The van der Waals surface area contributed by atoms with Crippen LogP contribution in [-0.2, 0) is 14.4 Å². The first-order valence-electron chi connectivity index (χ1n) is 13.9. The normalized spacial score (nSPS) is 21.1. The van der Waals surface area contributed by atoms with Gasteiger partial charge in [0.2, 0.25) is 17.7 Å². The van der Waals surface area contributed by atoms with Crippen molar-refractivity contribution in [3.05, 3.63) is 65.0 Å². The van der Waals surface area contributed by atoms with Crippen LogP contribution in [0.3, 0.4) is 0 Å². The molecule has 1 aromatic heterocycles. The molecular formula is C30H32N5O6PS. The van der Waals surface area contributed by atoms with Gasteiger partial charge in [-0.2, -0.15) is 5.26 Å². The van der Waals surface area contributed by atoms with E-state index in [0.717, 1.165) is 4.70 Å². The summed E-state index contributed by atoms with van der Waals surface area (Å²) in [5, 5.41) is 12.8. The number of hydrogen-bond donors (Lipinski definition) is 3. The largest absolute Gasteiger partial charge is 0.349 e. The lowest BCUT2D eigenvalue weighted by Crippen LogP contribution is -2.61. The van der Waals surface area contributed by atoms with Crippen molar-refractivity contribution >= 4 is 59.1 Å². The number of thiophene rings is 1. The van der Waals surface area contributed by atoms with E-state index in [4.69, 9.17) is 0 Å². The number of likely N-dealkylation sites (N-methyl/N-ethyl adjacent to an activating group) is 1. The predicted octanol–water partition coefficient (Wildman–Crippen LogP) is 3.14. The number of hydrogen-bond acceptors (Lipinski definition) is 8. The Kier molecular flexibility index (Phi) is 9.08. The maximum atomic E-state index is 14.1. The Morgan fingerprint density at radius 2 is 1.86 bits per heavy atom. The zero-order valence-corrected chi connectivity index (χ0v) is 25.4. The number of para-hydroxylation sites is 1. The van der Waals surface area contributed by atoms with Gasteiger partial charge in [-0.3, -0.25) is 19.2 Å². The minimum absolute atomic E-state index is 0.0198. The predicted molar refractivity (Wildman–Crippen MR) is 163 cm³/mol. The highest BCUT2D eigenvalue weighted by atomic mass is 32.1. The zero-order valence-electron chi connectivity index (χ0n) is 23.7. The fourth-order valence-electron chi connectivity index (χ4n) is 5.85. The molecule has 0 saturated carbocycles. The van der Waals surface area contributed by atoms with E-state index < -0.39 is 37.9 Å². The summed E-state index contributed by atoms with van der Waals surface area (Å²) in [5.41, 5.74) is 0.0674. The van der Waals surface area contributed by atoms with E-state index >= 15 is 0 Å². The number of nitrogens with zero attached hydrogens (tertiary/aromatic N) is 4. The summed E-state index contributed by atoms with van der Waals surface area (Å²) in [6, 6.07) is 15.7. The standard InChI is InChI=1S/C30H32N5O6PS/c1-18(36)34-13-12-22-9-10-24(30(39)33(2)21-6-4-3-5-7-21)35(22)29(38)23(17-34)32-28(37)27-15-20-14-19(8-11-26(20)43-27)25(16-31)42(40)41/h3-8,11,14-15,22-25,40-41H,9-10,12-13,17H2,1-2H3,(H,32,37)/t22-,23+,24+,25?/m1/s1. The van der Waals surface area contributed by atoms with E-state index in [2.05, 4.69) is 5.32 Å². The van der Waals surface area contributed by atoms with E-state index in [-0.39, 0.29) is 24.4 Å². The highest BCUT2D eigenvalue weighted by Crippen LogP contribution is 2.44. The highest BCUT2D eigenvalue weighted by Gasteiger charge is 2.46. The summed E-state index contributed by atoms with van der Waals surface area (Å²) in [6.45, 7) is 1.81. The summed E-state index contributed by atoms with van der Waals surface area (Å²) >= 11 is 1.19. The van der Waals surface area contributed by atoms with Crippen molar-refractivity contribution in [2.75, 3.05) is 25.0 Å². The second kappa shape index (κ2) is 12.8. The number of rotatable bonds is 6. The molecule has 3 aromatic rings. The van der Waals surface area contributed by atoms with Gasteiger partial charge in [0.25, 0.3) is 5.91 Å². The van der Waals surface area contributed by atoms with Crippen LogP contribution in [-0.4, -0.2) is 81.5 Å². The fourth-order valence-corrected chi connectivity index (χ4v) is 7.32. The molecule has 2 fully saturated rings. The van der Waals surface area contributed by atoms with E-state index in [1.54, 1.807) is 46.0 Å². The van der Waals surface area contributed by atoms with Crippen LogP contribution in [0.25, 0.3) is 10.1 Å². The summed E-state index contributed by atoms with van der Waals surface area (Å²) in [6.07, 6.45) is 1.64. The molecule has 2 aliphatic heterocycles. The minimum Gasteiger partial charge on any atom is -0.349 e. The smallest absolute Gasteiger partial charge is 0.262 e. The van der Waals surface area contributed by atoms with Crippen molar-refractivity contribution in [3.8, 4) is 6.07 Å². The molecule has 11 nitrogen and oxygen atoms in total. The van der Waals surface area contributed by atoms with Crippen molar-refractivity contribution in [1.82, 2.24) is 15.1 Å². The van der Waals surface area contributed by atoms with Crippen molar-refractivity contribution in [2.24, 2.45) is 0 Å². The van der Waals surface area contributed by atoms with Gasteiger partial charge in [0.05, 0.1) is 10.9 Å². The molecular weight excluding hydrogens is 589 g/mol. The number of benzene rings is 2. The van der Waals surface area contributed by atoms with Crippen LogP contribution in [0.15, 0.2) is 54.6 Å². The molecule has 224 valence electrons. The van der Waals surface area contributed by atoms with Crippen LogP contribution in [0.5, 0.6) is 0 Å². The van der Waals surface area contributed by atoms with Gasteiger partial charge in [0.1, 0.15) is 17.7 Å². The lowest BCUT2D eigenvalue weighted by atomic mass is 10.1. The van der Waals surface area contributed by atoms with Gasteiger partial charge >= 0.3 is 0 Å². The van der Waals surface area contributed by atoms with Crippen LogP contribution >= 0.6 is 19.7 Å². The Labute approximate surface area is 254 Å². The van der Waals surface area contributed by atoms with Gasteiger partial charge in [0.15, 0.2) is 8.38 Å². The van der Waals surface area contributed by atoms with Crippen molar-refractivity contribution < 1.29 is 29.0 Å². The van der Waals surface area contributed by atoms with Gasteiger partial charge in [0, 0.05) is 43.5 Å². The second-order valence-corrected chi connectivity index (χ2v) is 13.0. The number of nitrogens with one attached hydrogen (secondary N) is 1. The highest BCUT2D eigenvalue weighted by molar-refractivity contribution is 7.45. The number of carbonyl (C=O) groups is 4. The maximum Gasteiger partial charge on any atom is 0.262 e. The average molecular weight is 622 g/mol. The molecule has 5 rings (SSSR count). The molecule has 0 spiro atoms. The first-order valence-corrected chi connectivity index (χ1v) is 16.0. The van der Waals surface area contributed by atoms with Gasteiger partial charge in [-0.25, -0.2) is 0 Å². The Hall–Kier alpha value is -3.88. The van der Waals surface area contributed by atoms with Crippen LogP contribution in [0.2, 0.25) is 0 Å². The molecule has 2 aliphatic rings. The van der Waals surface area contributed by atoms with Crippen molar-refractivity contribution in [3.63, 3.8) is 0 Å². The van der Waals surface area contributed by atoms with E-state index in [0.29, 0.717) is 47.3 Å². The molecule has 4 atom stereocenters. The van der Waals surface area contributed by atoms with Gasteiger partial charge in [-0.05, 0) is 60.5 Å². The van der Waals surface area contributed by atoms with Gasteiger partial charge in [-0.15, -0.1) is 11.3 Å². The summed E-state index contributed by atoms with van der Waals surface area (Å²) in [5.74, 6) is -1.32. The SMILES string of the molecule is CC(=O)N1CC[C@H]2CC[C@@H](C(=O)N(C)c3ccccc3)N2C(=O)[C@@H](NC(=O)c2cc3cc(C(C#N)P(O)O)ccc3s2)C1. The third-order valence-electron chi connectivity index (χ3n) is 8.13. The molecule has 2 saturated heterocycles. The lowest BCUT2D eigenvalue weighted by molar-refractivity contribution is -0.144. The molecule has 0 radical (unpaired) electrons. The van der Waals surface area contributed by atoms with Gasteiger partial charge < -0.3 is 29.8 Å². The zero-order chi connectivity index (χ0) is 30.8. The van der Waals surface area contributed by atoms with Crippen LogP contribution in [0, 0.1) is 11.3 Å². The third kappa shape index (κ3) is 6.26. The number of carbonyl (C=O) groups excluding carboxylic acids is 4. The van der Waals surface area contributed by atoms with Crippen LogP contribution in [0.1, 0.15) is 47.1 Å². The number of anilines is 1. The first kappa shape index (κ1) is 30.6. The molecule has 1 unspecified atom stereocenters. The molecule has 0 bridgehead atoms. The molecule has 43 heavy (non-hydrogen) atoms. The monoisotopic (exact) mass is 621 g/mol. The Bertz CT molecular complexity index is 1590. The summed E-state index contributed by atoms with van der Waals surface area (Å²) in [4.78, 5) is 77.9. The van der Waals surface area contributed by atoms with Crippen LogP contribution in [0.4, 0.5) is 5.69 Å². The Morgan fingerprint density at radius 1 is 1.12 bits per heavy atom. The Balaban J connectivity index is 1.40. The first-order chi connectivity index (χ1) is 20.6. The molecule has 3 heterocycles. The summed E-state index contributed by atoms with van der Waals surface area (Å²) in [7, 11) is -0.817. The molecule has 2 aromatic carbocycles. The summed E-state index contributed by atoms with van der Waals surface area (Å²) < 4.78 is 0.745. The lowest BCUT2D eigenvalue weighted by Gasteiger charge is -2.39. The number of amides is 4. The molecule has 13 heteroatoms. The van der Waals surface area contributed by atoms with E-state index in [9.17, 15) is 34.2 Å². The third-order valence-corrected chi connectivity index (χ3v) is 10.1. The average Bonchev–Trinajstić information content (AvgIpc) is 3.61. The molecule has 0 aliphatic carbocycles. The van der Waals surface area contributed by atoms with Crippen molar-refractivity contribution in [2.45, 2.75) is 50.0 Å². The fraction of sp³-hybridized carbons (Fsp3) is 0.367. The topological polar surface area (TPSA) is 154 Å². The maximum absolute atomic E-state index is 14.1. The quantitative estimate of drug-likeness (QED) is 0.358. The van der Waals surface area contributed by atoms with Crippen molar-refractivity contribution in [1.29, 1.82) is 5.26 Å². The molecule has 3 N–H and O–H groups in total. The minimum atomic E-state index is -2.50. The molecule has 4 amide bonds.